The highest BCUT2D eigenvalue weighted by Crippen LogP contribution is 2.39. The summed E-state index contributed by atoms with van der Waals surface area (Å²) in [6, 6.07) is 0. The van der Waals surface area contributed by atoms with E-state index in [-0.39, 0.29) is 5.54 Å². The summed E-state index contributed by atoms with van der Waals surface area (Å²) >= 11 is 0. The van der Waals surface area contributed by atoms with Crippen LogP contribution in [0.5, 0.6) is 0 Å². The fourth-order valence-corrected chi connectivity index (χ4v) is 5.54. The molecule has 2 saturated heterocycles. The Morgan fingerprint density at radius 2 is 2.00 bits per heavy atom. The molecule has 0 amide bonds. The van der Waals surface area contributed by atoms with E-state index < -0.39 is 9.84 Å². The second-order valence-corrected chi connectivity index (χ2v) is 8.26. The van der Waals surface area contributed by atoms with Crippen molar-refractivity contribution in [1.82, 2.24) is 5.32 Å². The molecule has 0 aliphatic carbocycles. The molecule has 0 bridgehead atoms. The molecule has 4 heteroatoms. The zero-order chi connectivity index (χ0) is 12.5. The van der Waals surface area contributed by atoms with E-state index in [1.807, 2.05) is 0 Å². The number of hydrogen-bond donors (Lipinski definition) is 1. The van der Waals surface area contributed by atoms with Crippen LogP contribution in [0.15, 0.2) is 0 Å². The Morgan fingerprint density at radius 3 is 2.53 bits per heavy atom. The molecule has 1 N–H and O–H groups in total. The number of nitrogens with one attached hydrogen (secondary N) is 1. The van der Waals surface area contributed by atoms with Crippen LogP contribution in [0.25, 0.3) is 0 Å². The van der Waals surface area contributed by atoms with Gasteiger partial charge >= 0.3 is 0 Å². The largest absolute Gasteiger partial charge is 0.311 e. The predicted molar refractivity (Wildman–Crippen MR) is 70.8 cm³/mol. The van der Waals surface area contributed by atoms with Crippen molar-refractivity contribution < 1.29 is 8.42 Å². The van der Waals surface area contributed by atoms with Crippen LogP contribution in [0.3, 0.4) is 0 Å². The topological polar surface area (TPSA) is 46.2 Å². The lowest BCUT2D eigenvalue weighted by Crippen LogP contribution is -2.60. The van der Waals surface area contributed by atoms with Crippen LogP contribution in [0, 0.1) is 11.8 Å². The molecule has 2 heterocycles. The van der Waals surface area contributed by atoms with Crippen LogP contribution in [0.1, 0.15) is 46.0 Å². The molecule has 0 aromatic heterocycles. The second-order valence-electron chi connectivity index (χ2n) is 6.03. The maximum atomic E-state index is 11.8. The second kappa shape index (κ2) is 4.88. The molecule has 0 spiro atoms. The molecular weight excluding hydrogens is 234 g/mol. The lowest BCUT2D eigenvalue weighted by atomic mass is 9.69. The molecule has 17 heavy (non-hydrogen) atoms. The Morgan fingerprint density at radius 1 is 1.24 bits per heavy atom. The fourth-order valence-electron chi connectivity index (χ4n) is 3.69. The van der Waals surface area contributed by atoms with Crippen molar-refractivity contribution in [2.24, 2.45) is 11.8 Å². The first kappa shape index (κ1) is 13.3. The first-order valence-electron chi connectivity index (χ1n) is 6.92. The van der Waals surface area contributed by atoms with Gasteiger partial charge in [0.2, 0.25) is 0 Å². The van der Waals surface area contributed by atoms with Gasteiger partial charge in [0.25, 0.3) is 0 Å². The SMILES string of the molecule is CC(C)C1(C2CCCS(=O)(=O)C2)CCCCN1. The summed E-state index contributed by atoms with van der Waals surface area (Å²) in [6.07, 6.45) is 5.54. The smallest absolute Gasteiger partial charge is 0.150 e. The molecule has 0 saturated carbocycles. The standard InChI is InChI=1S/C13H25NO2S/c1-11(2)13(7-3-4-8-14-13)12-6-5-9-17(15,16)10-12/h11-12,14H,3-10H2,1-2H3. The first-order chi connectivity index (χ1) is 7.96. The lowest BCUT2D eigenvalue weighted by Gasteiger charge is -2.49. The van der Waals surface area contributed by atoms with Gasteiger partial charge in [-0.2, -0.15) is 0 Å². The Kier molecular flexibility index (Phi) is 3.83. The highest BCUT2D eigenvalue weighted by molar-refractivity contribution is 7.91. The number of piperidine rings is 1. The van der Waals surface area contributed by atoms with Gasteiger partial charge in [0, 0.05) is 5.54 Å². The van der Waals surface area contributed by atoms with Crippen LogP contribution in [0.2, 0.25) is 0 Å². The van der Waals surface area contributed by atoms with Crippen molar-refractivity contribution in [3.63, 3.8) is 0 Å². The van der Waals surface area contributed by atoms with E-state index in [0.717, 1.165) is 25.8 Å². The van der Waals surface area contributed by atoms with Crippen LogP contribution >= 0.6 is 0 Å². The quantitative estimate of drug-likeness (QED) is 0.825. The molecule has 2 fully saturated rings. The van der Waals surface area contributed by atoms with Gasteiger partial charge in [-0.3, -0.25) is 0 Å². The average molecular weight is 259 g/mol. The fraction of sp³-hybridized carbons (Fsp3) is 1.00. The van der Waals surface area contributed by atoms with Crippen molar-refractivity contribution in [2.75, 3.05) is 18.1 Å². The number of rotatable bonds is 2. The van der Waals surface area contributed by atoms with Gasteiger partial charge in [0.05, 0.1) is 11.5 Å². The Hall–Kier alpha value is -0.0900. The molecule has 0 radical (unpaired) electrons. The highest BCUT2D eigenvalue weighted by Gasteiger charge is 2.44. The van der Waals surface area contributed by atoms with Crippen LogP contribution < -0.4 is 5.32 Å². The monoisotopic (exact) mass is 259 g/mol. The Bertz CT molecular complexity index is 356. The van der Waals surface area contributed by atoms with Crippen LogP contribution in [0.4, 0.5) is 0 Å². The van der Waals surface area contributed by atoms with Crippen molar-refractivity contribution >= 4 is 9.84 Å². The van der Waals surface area contributed by atoms with Crippen molar-refractivity contribution in [3.05, 3.63) is 0 Å². The molecule has 2 aliphatic rings. The van der Waals surface area contributed by atoms with E-state index in [4.69, 9.17) is 0 Å². The Labute approximate surface area is 105 Å². The van der Waals surface area contributed by atoms with Crippen molar-refractivity contribution in [2.45, 2.75) is 51.5 Å². The molecule has 0 aromatic carbocycles. The molecular formula is C13H25NO2S. The maximum absolute atomic E-state index is 11.8. The third-order valence-corrected chi connectivity index (χ3v) is 6.51. The van der Waals surface area contributed by atoms with E-state index >= 15 is 0 Å². The minimum Gasteiger partial charge on any atom is -0.311 e. The zero-order valence-corrected chi connectivity index (χ0v) is 11.9. The van der Waals surface area contributed by atoms with E-state index in [9.17, 15) is 8.42 Å². The summed E-state index contributed by atoms with van der Waals surface area (Å²) in [7, 11) is -2.79. The Balaban J connectivity index is 2.21. The maximum Gasteiger partial charge on any atom is 0.150 e. The molecule has 2 rings (SSSR count). The zero-order valence-electron chi connectivity index (χ0n) is 11.0. The third-order valence-electron chi connectivity index (χ3n) is 4.69. The van der Waals surface area contributed by atoms with Gasteiger partial charge in [-0.1, -0.05) is 20.3 Å². The predicted octanol–water partition coefficient (Wildman–Crippen LogP) is 1.98. The highest BCUT2D eigenvalue weighted by atomic mass is 32.2. The lowest BCUT2D eigenvalue weighted by molar-refractivity contribution is 0.107. The minimum absolute atomic E-state index is 0.0751. The third kappa shape index (κ3) is 2.68. The van der Waals surface area contributed by atoms with Gasteiger partial charge in [0.1, 0.15) is 0 Å². The summed E-state index contributed by atoms with van der Waals surface area (Å²) in [5.74, 6) is 1.64. The summed E-state index contributed by atoms with van der Waals surface area (Å²) < 4.78 is 23.7. The number of sulfone groups is 1. The summed E-state index contributed by atoms with van der Waals surface area (Å²) in [5.41, 5.74) is 0.0751. The molecule has 0 aromatic rings. The average Bonchev–Trinajstić information content (AvgIpc) is 2.28. The van der Waals surface area contributed by atoms with Gasteiger partial charge in [-0.05, 0) is 44.1 Å². The summed E-state index contributed by atoms with van der Waals surface area (Å²) in [4.78, 5) is 0. The van der Waals surface area contributed by atoms with Gasteiger partial charge < -0.3 is 5.32 Å². The van der Waals surface area contributed by atoms with E-state index in [2.05, 4.69) is 19.2 Å². The van der Waals surface area contributed by atoms with Gasteiger partial charge in [0.15, 0.2) is 9.84 Å². The van der Waals surface area contributed by atoms with Crippen molar-refractivity contribution in [3.8, 4) is 0 Å². The minimum atomic E-state index is -2.79. The molecule has 2 unspecified atom stereocenters. The van der Waals surface area contributed by atoms with Crippen molar-refractivity contribution in [1.29, 1.82) is 0 Å². The number of hydrogen-bond acceptors (Lipinski definition) is 3. The van der Waals surface area contributed by atoms with Gasteiger partial charge in [-0.15, -0.1) is 0 Å². The van der Waals surface area contributed by atoms with E-state index in [1.165, 1.54) is 12.8 Å². The van der Waals surface area contributed by atoms with E-state index in [0.29, 0.717) is 23.3 Å². The molecule has 100 valence electrons. The first-order valence-corrected chi connectivity index (χ1v) is 8.74. The van der Waals surface area contributed by atoms with Crippen LogP contribution in [-0.2, 0) is 9.84 Å². The van der Waals surface area contributed by atoms with E-state index in [1.54, 1.807) is 0 Å². The molecule has 2 atom stereocenters. The molecule has 3 nitrogen and oxygen atoms in total. The normalized spacial score (nSPS) is 38.2. The van der Waals surface area contributed by atoms with Crippen LogP contribution in [-0.4, -0.2) is 32.0 Å². The van der Waals surface area contributed by atoms with Gasteiger partial charge in [-0.25, -0.2) is 8.42 Å². The summed E-state index contributed by atoms with van der Waals surface area (Å²) in [5, 5.41) is 3.68. The molecule has 2 aliphatic heterocycles. The summed E-state index contributed by atoms with van der Waals surface area (Å²) in [6.45, 7) is 5.52.